The lowest BCUT2D eigenvalue weighted by Crippen LogP contribution is -2.75. The molecule has 1 fully saturated rings. The summed E-state index contributed by atoms with van der Waals surface area (Å²) in [4.78, 5) is 12.6. The maximum absolute atomic E-state index is 12.6. The lowest BCUT2D eigenvalue weighted by Gasteiger charge is -2.57. The quantitative estimate of drug-likeness (QED) is 0.842. The first-order valence-corrected chi connectivity index (χ1v) is 8.08. The van der Waals surface area contributed by atoms with Gasteiger partial charge >= 0.3 is 0 Å². The highest BCUT2D eigenvalue weighted by atomic mass is 16.5. The van der Waals surface area contributed by atoms with E-state index in [1.54, 1.807) is 7.11 Å². The molecule has 1 aromatic carbocycles. The highest BCUT2D eigenvalue weighted by Crippen LogP contribution is 2.49. The smallest absolute Gasteiger partial charge is 0.241 e. The van der Waals surface area contributed by atoms with Crippen molar-refractivity contribution in [2.75, 3.05) is 13.7 Å². The Morgan fingerprint density at radius 1 is 1.43 bits per heavy atom. The van der Waals surface area contributed by atoms with Crippen LogP contribution in [0.4, 0.5) is 0 Å². The van der Waals surface area contributed by atoms with E-state index in [-0.39, 0.29) is 17.4 Å². The predicted octanol–water partition coefficient (Wildman–Crippen LogP) is 2.15. The number of methoxy groups -OCH3 is 1. The standard InChI is InChI=1S/C18H28N2O3/c1-6-23-15-10-18(19,17(15,3)4)16(21)20-11-13-8-7-12(2)14(9-13)22-5/h7-9,15H,6,10-11,19H2,1-5H3,(H,20,21). The Hall–Kier alpha value is -1.59. The van der Waals surface area contributed by atoms with Crippen molar-refractivity contribution < 1.29 is 14.3 Å². The van der Waals surface area contributed by atoms with E-state index < -0.39 is 5.54 Å². The number of carbonyl (C=O) groups excluding carboxylic acids is 1. The molecular weight excluding hydrogens is 292 g/mol. The molecule has 0 aromatic heterocycles. The minimum atomic E-state index is -0.887. The molecule has 3 N–H and O–H groups in total. The summed E-state index contributed by atoms with van der Waals surface area (Å²) in [5.41, 5.74) is 7.16. The molecule has 0 radical (unpaired) electrons. The number of nitrogens with two attached hydrogens (primary N) is 1. The molecule has 0 saturated heterocycles. The summed E-state index contributed by atoms with van der Waals surface area (Å²) in [7, 11) is 1.64. The molecule has 0 aliphatic heterocycles. The summed E-state index contributed by atoms with van der Waals surface area (Å²) in [6, 6.07) is 5.90. The Kier molecular flexibility index (Phi) is 5.01. The molecule has 2 rings (SSSR count). The fourth-order valence-electron chi connectivity index (χ4n) is 3.14. The van der Waals surface area contributed by atoms with Crippen LogP contribution in [-0.4, -0.2) is 31.3 Å². The molecule has 2 unspecified atom stereocenters. The summed E-state index contributed by atoms with van der Waals surface area (Å²) in [5.74, 6) is 0.692. The fraction of sp³-hybridized carbons (Fsp3) is 0.611. The van der Waals surface area contributed by atoms with Gasteiger partial charge in [-0.1, -0.05) is 26.0 Å². The Balaban J connectivity index is 2.00. The van der Waals surface area contributed by atoms with Gasteiger partial charge in [0.1, 0.15) is 11.3 Å². The van der Waals surface area contributed by atoms with Crippen LogP contribution in [-0.2, 0) is 16.1 Å². The molecule has 0 heterocycles. The number of aryl methyl sites for hydroxylation is 1. The van der Waals surface area contributed by atoms with Gasteiger partial charge in [0.25, 0.3) is 0 Å². The number of hydrogen-bond donors (Lipinski definition) is 2. The van der Waals surface area contributed by atoms with E-state index in [0.717, 1.165) is 16.9 Å². The number of nitrogens with one attached hydrogen (secondary N) is 1. The number of carbonyl (C=O) groups is 1. The average molecular weight is 320 g/mol. The lowest BCUT2D eigenvalue weighted by atomic mass is 9.54. The number of amides is 1. The second-order valence-corrected chi connectivity index (χ2v) is 6.83. The van der Waals surface area contributed by atoms with Crippen molar-refractivity contribution in [1.82, 2.24) is 5.32 Å². The van der Waals surface area contributed by atoms with Crippen molar-refractivity contribution in [3.05, 3.63) is 29.3 Å². The Morgan fingerprint density at radius 2 is 2.13 bits per heavy atom. The monoisotopic (exact) mass is 320 g/mol. The van der Waals surface area contributed by atoms with Crippen molar-refractivity contribution in [3.63, 3.8) is 0 Å². The van der Waals surface area contributed by atoms with Crippen LogP contribution in [0.5, 0.6) is 5.75 Å². The Labute approximate surface area is 138 Å². The van der Waals surface area contributed by atoms with Crippen molar-refractivity contribution in [2.24, 2.45) is 11.1 Å². The van der Waals surface area contributed by atoms with Gasteiger partial charge in [0, 0.05) is 25.0 Å². The zero-order chi connectivity index (χ0) is 17.3. The molecule has 1 amide bonds. The van der Waals surface area contributed by atoms with Crippen molar-refractivity contribution >= 4 is 5.91 Å². The first-order chi connectivity index (χ1) is 10.8. The summed E-state index contributed by atoms with van der Waals surface area (Å²) >= 11 is 0. The molecule has 1 aliphatic rings. The topological polar surface area (TPSA) is 73.6 Å². The highest BCUT2D eigenvalue weighted by molar-refractivity contribution is 5.88. The van der Waals surface area contributed by atoms with E-state index in [2.05, 4.69) is 5.32 Å². The van der Waals surface area contributed by atoms with Crippen LogP contribution in [0.2, 0.25) is 0 Å². The first-order valence-electron chi connectivity index (χ1n) is 8.08. The average Bonchev–Trinajstić information content (AvgIpc) is 2.53. The maximum Gasteiger partial charge on any atom is 0.241 e. The molecule has 0 spiro atoms. The van der Waals surface area contributed by atoms with Gasteiger partial charge in [-0.05, 0) is 31.0 Å². The SMILES string of the molecule is CCOC1CC(N)(C(=O)NCc2ccc(C)c(OC)c2)C1(C)C. The van der Waals surface area contributed by atoms with Crippen molar-refractivity contribution in [2.45, 2.75) is 52.3 Å². The molecular formula is C18H28N2O3. The van der Waals surface area contributed by atoms with Gasteiger partial charge in [0.05, 0.1) is 13.2 Å². The van der Waals surface area contributed by atoms with Gasteiger partial charge in [-0.2, -0.15) is 0 Å². The van der Waals surface area contributed by atoms with Gasteiger partial charge in [-0.25, -0.2) is 0 Å². The third-order valence-electron chi connectivity index (χ3n) is 5.16. The van der Waals surface area contributed by atoms with Crippen LogP contribution in [0.3, 0.4) is 0 Å². The number of ether oxygens (including phenoxy) is 2. The van der Waals surface area contributed by atoms with E-state index in [1.807, 2.05) is 45.9 Å². The Bertz CT molecular complexity index is 586. The zero-order valence-corrected chi connectivity index (χ0v) is 14.7. The largest absolute Gasteiger partial charge is 0.496 e. The van der Waals surface area contributed by atoms with Crippen LogP contribution in [0.15, 0.2) is 18.2 Å². The van der Waals surface area contributed by atoms with Crippen LogP contribution in [0, 0.1) is 12.3 Å². The van der Waals surface area contributed by atoms with Crippen LogP contribution < -0.4 is 15.8 Å². The number of hydrogen-bond acceptors (Lipinski definition) is 4. The van der Waals surface area contributed by atoms with E-state index in [4.69, 9.17) is 15.2 Å². The molecule has 1 aliphatic carbocycles. The van der Waals surface area contributed by atoms with Gasteiger partial charge in [0.2, 0.25) is 5.91 Å². The van der Waals surface area contributed by atoms with Gasteiger partial charge in [-0.15, -0.1) is 0 Å². The third-order valence-corrected chi connectivity index (χ3v) is 5.16. The van der Waals surface area contributed by atoms with Gasteiger partial charge < -0.3 is 20.5 Å². The van der Waals surface area contributed by atoms with Gasteiger partial charge in [0.15, 0.2) is 0 Å². The molecule has 0 bridgehead atoms. The lowest BCUT2D eigenvalue weighted by molar-refractivity contribution is -0.170. The zero-order valence-electron chi connectivity index (χ0n) is 14.7. The summed E-state index contributed by atoms with van der Waals surface area (Å²) < 4.78 is 11.0. The molecule has 2 atom stereocenters. The third kappa shape index (κ3) is 3.08. The first kappa shape index (κ1) is 17.8. The van der Waals surface area contributed by atoms with Crippen molar-refractivity contribution in [1.29, 1.82) is 0 Å². The summed E-state index contributed by atoms with van der Waals surface area (Å²) in [6.45, 7) is 8.99. The molecule has 128 valence electrons. The number of rotatable bonds is 6. The van der Waals surface area contributed by atoms with E-state index in [0.29, 0.717) is 19.6 Å². The molecule has 5 heteroatoms. The highest BCUT2D eigenvalue weighted by Gasteiger charge is 2.62. The summed E-state index contributed by atoms with van der Waals surface area (Å²) in [6.07, 6.45) is 0.583. The van der Waals surface area contributed by atoms with E-state index >= 15 is 0 Å². The van der Waals surface area contributed by atoms with Crippen LogP contribution in [0.25, 0.3) is 0 Å². The normalized spacial score (nSPS) is 25.6. The second kappa shape index (κ2) is 6.49. The minimum Gasteiger partial charge on any atom is -0.496 e. The maximum atomic E-state index is 12.6. The predicted molar refractivity (Wildman–Crippen MR) is 90.3 cm³/mol. The van der Waals surface area contributed by atoms with E-state index in [1.165, 1.54) is 0 Å². The van der Waals surface area contributed by atoms with Crippen molar-refractivity contribution in [3.8, 4) is 5.75 Å². The molecule has 5 nitrogen and oxygen atoms in total. The van der Waals surface area contributed by atoms with Gasteiger partial charge in [-0.3, -0.25) is 4.79 Å². The molecule has 23 heavy (non-hydrogen) atoms. The molecule has 1 aromatic rings. The van der Waals surface area contributed by atoms with Crippen LogP contribution in [0.1, 0.15) is 38.3 Å². The fourth-order valence-corrected chi connectivity index (χ4v) is 3.14. The van der Waals surface area contributed by atoms with E-state index in [9.17, 15) is 4.79 Å². The number of benzene rings is 1. The molecule has 1 saturated carbocycles. The summed E-state index contributed by atoms with van der Waals surface area (Å²) in [5, 5.41) is 2.96. The minimum absolute atomic E-state index is 0.0303. The second-order valence-electron chi connectivity index (χ2n) is 6.83. The van der Waals surface area contributed by atoms with Crippen LogP contribution >= 0.6 is 0 Å². The Morgan fingerprint density at radius 3 is 2.70 bits per heavy atom.